The molecule has 0 bridgehead atoms. The molecule has 0 saturated carbocycles. The van der Waals surface area contributed by atoms with Crippen molar-refractivity contribution in [2.75, 3.05) is 5.32 Å². The fourth-order valence-electron chi connectivity index (χ4n) is 1.80. The molecule has 1 N–H and O–H groups in total. The lowest BCUT2D eigenvalue weighted by Gasteiger charge is -2.11. The largest absolute Gasteiger partial charge is 0.381 e. The van der Waals surface area contributed by atoms with Crippen LogP contribution in [0.15, 0.2) is 36.4 Å². The average Bonchev–Trinajstić information content (AvgIpc) is 2.35. The van der Waals surface area contributed by atoms with Gasteiger partial charge in [0.1, 0.15) is 0 Å². The van der Waals surface area contributed by atoms with E-state index in [0.29, 0.717) is 5.56 Å². The van der Waals surface area contributed by atoms with E-state index in [4.69, 9.17) is 0 Å². The van der Waals surface area contributed by atoms with Gasteiger partial charge in [-0.3, -0.25) is 0 Å². The number of rotatable bonds is 3. The van der Waals surface area contributed by atoms with Crippen LogP contribution in [-0.2, 0) is 6.54 Å². The van der Waals surface area contributed by atoms with Crippen molar-refractivity contribution >= 4 is 5.69 Å². The Morgan fingerprint density at radius 2 is 1.83 bits per heavy atom. The van der Waals surface area contributed by atoms with Crippen LogP contribution in [-0.4, -0.2) is 0 Å². The second-order valence-electron chi connectivity index (χ2n) is 4.38. The van der Waals surface area contributed by atoms with Crippen LogP contribution in [0.2, 0.25) is 0 Å². The Balaban J connectivity index is 2.16. The maximum absolute atomic E-state index is 13.5. The third kappa shape index (κ3) is 2.67. The lowest BCUT2D eigenvalue weighted by molar-refractivity contribution is 0.500. The van der Waals surface area contributed by atoms with Gasteiger partial charge in [0, 0.05) is 17.8 Å². The fourth-order valence-corrected chi connectivity index (χ4v) is 1.80. The number of hydrogen-bond acceptors (Lipinski definition) is 1. The van der Waals surface area contributed by atoms with Crippen molar-refractivity contribution < 1.29 is 8.78 Å². The van der Waals surface area contributed by atoms with Gasteiger partial charge in [-0.05, 0) is 37.1 Å². The van der Waals surface area contributed by atoms with Crippen LogP contribution in [0.25, 0.3) is 0 Å². The van der Waals surface area contributed by atoms with E-state index in [1.165, 1.54) is 6.07 Å². The Morgan fingerprint density at radius 3 is 2.61 bits per heavy atom. The zero-order valence-corrected chi connectivity index (χ0v) is 10.4. The summed E-state index contributed by atoms with van der Waals surface area (Å²) in [5.41, 5.74) is 3.48. The van der Waals surface area contributed by atoms with Gasteiger partial charge in [-0.15, -0.1) is 0 Å². The predicted octanol–water partition coefficient (Wildman–Crippen LogP) is 4.19. The van der Waals surface area contributed by atoms with Crippen molar-refractivity contribution in [3.05, 3.63) is 64.7 Å². The molecule has 0 aromatic heterocycles. The summed E-state index contributed by atoms with van der Waals surface area (Å²) in [6.45, 7) is 4.24. The fraction of sp³-hybridized carbons (Fsp3) is 0.200. The summed E-state index contributed by atoms with van der Waals surface area (Å²) >= 11 is 0. The highest BCUT2D eigenvalue weighted by atomic mass is 19.2. The van der Waals surface area contributed by atoms with E-state index in [0.717, 1.165) is 22.9 Å². The van der Waals surface area contributed by atoms with Gasteiger partial charge in [-0.2, -0.15) is 0 Å². The van der Waals surface area contributed by atoms with Gasteiger partial charge in [-0.25, -0.2) is 8.78 Å². The molecule has 0 aliphatic rings. The lowest BCUT2D eigenvalue weighted by atomic mass is 10.1. The van der Waals surface area contributed by atoms with Crippen LogP contribution in [0, 0.1) is 25.5 Å². The van der Waals surface area contributed by atoms with E-state index in [-0.39, 0.29) is 6.54 Å². The van der Waals surface area contributed by atoms with Crippen LogP contribution in [0.3, 0.4) is 0 Å². The number of nitrogens with one attached hydrogen (secondary N) is 1. The highest BCUT2D eigenvalue weighted by molar-refractivity contribution is 5.52. The van der Waals surface area contributed by atoms with Crippen LogP contribution < -0.4 is 5.32 Å². The van der Waals surface area contributed by atoms with E-state index in [1.807, 2.05) is 32.0 Å². The predicted molar refractivity (Wildman–Crippen MR) is 69.6 cm³/mol. The van der Waals surface area contributed by atoms with Crippen molar-refractivity contribution in [2.45, 2.75) is 20.4 Å². The molecule has 0 radical (unpaired) electrons. The van der Waals surface area contributed by atoms with Gasteiger partial charge in [-0.1, -0.05) is 24.3 Å². The quantitative estimate of drug-likeness (QED) is 0.857. The molecule has 0 aliphatic carbocycles. The zero-order valence-electron chi connectivity index (χ0n) is 10.4. The minimum absolute atomic E-state index is 0.272. The molecule has 0 atom stereocenters. The van der Waals surface area contributed by atoms with Gasteiger partial charge in [0.25, 0.3) is 0 Å². The molecule has 0 spiro atoms. The van der Waals surface area contributed by atoms with Crippen molar-refractivity contribution in [3.63, 3.8) is 0 Å². The van der Waals surface area contributed by atoms with Crippen LogP contribution in [0.1, 0.15) is 16.7 Å². The molecule has 2 aromatic rings. The molecular formula is C15H15F2N. The molecule has 3 heteroatoms. The average molecular weight is 247 g/mol. The first-order valence-electron chi connectivity index (χ1n) is 5.82. The summed E-state index contributed by atoms with van der Waals surface area (Å²) in [7, 11) is 0. The summed E-state index contributed by atoms with van der Waals surface area (Å²) in [6, 6.07) is 10.2. The van der Waals surface area contributed by atoms with E-state index in [2.05, 4.69) is 5.32 Å². The highest BCUT2D eigenvalue weighted by Gasteiger charge is 2.07. The second-order valence-corrected chi connectivity index (χ2v) is 4.38. The number of halogens is 2. The molecule has 0 fully saturated rings. The Morgan fingerprint density at radius 1 is 1.06 bits per heavy atom. The molecule has 0 aliphatic heterocycles. The number of anilines is 1. The van der Waals surface area contributed by atoms with Gasteiger partial charge in [0.05, 0.1) is 0 Å². The topological polar surface area (TPSA) is 12.0 Å². The summed E-state index contributed by atoms with van der Waals surface area (Å²) in [4.78, 5) is 0. The molecule has 94 valence electrons. The highest BCUT2D eigenvalue weighted by Crippen LogP contribution is 2.18. The van der Waals surface area contributed by atoms with Crippen molar-refractivity contribution in [3.8, 4) is 0 Å². The summed E-state index contributed by atoms with van der Waals surface area (Å²) in [5, 5.41) is 3.13. The molecule has 18 heavy (non-hydrogen) atoms. The van der Waals surface area contributed by atoms with Crippen molar-refractivity contribution in [1.82, 2.24) is 0 Å². The molecule has 2 rings (SSSR count). The van der Waals surface area contributed by atoms with Crippen LogP contribution in [0.4, 0.5) is 14.5 Å². The maximum atomic E-state index is 13.5. The Bertz CT molecular complexity index is 562. The SMILES string of the molecule is Cc1ccc(C)c(NCc2cccc(F)c2F)c1. The summed E-state index contributed by atoms with van der Waals surface area (Å²) in [6.07, 6.45) is 0. The number of benzene rings is 2. The molecule has 0 amide bonds. The van der Waals surface area contributed by atoms with Gasteiger partial charge in [0.15, 0.2) is 11.6 Å². The number of aryl methyl sites for hydroxylation is 2. The Kier molecular flexibility index (Phi) is 3.60. The zero-order chi connectivity index (χ0) is 13.1. The van der Waals surface area contributed by atoms with Crippen molar-refractivity contribution in [2.24, 2.45) is 0 Å². The van der Waals surface area contributed by atoms with Crippen LogP contribution in [0.5, 0.6) is 0 Å². The monoisotopic (exact) mass is 247 g/mol. The van der Waals surface area contributed by atoms with Gasteiger partial charge >= 0.3 is 0 Å². The third-order valence-electron chi connectivity index (χ3n) is 2.89. The molecule has 0 unspecified atom stereocenters. The molecular weight excluding hydrogens is 232 g/mol. The standard InChI is InChI=1S/C15H15F2N/c1-10-6-7-11(2)14(8-10)18-9-12-4-3-5-13(16)15(12)17/h3-8,18H,9H2,1-2H3. The molecule has 2 aromatic carbocycles. The van der Waals surface area contributed by atoms with Crippen molar-refractivity contribution in [1.29, 1.82) is 0 Å². The van der Waals surface area contributed by atoms with E-state index in [9.17, 15) is 8.78 Å². The van der Waals surface area contributed by atoms with E-state index >= 15 is 0 Å². The summed E-state index contributed by atoms with van der Waals surface area (Å²) < 4.78 is 26.5. The first-order chi connectivity index (χ1) is 8.58. The Hall–Kier alpha value is -1.90. The maximum Gasteiger partial charge on any atom is 0.163 e. The number of hydrogen-bond donors (Lipinski definition) is 1. The first-order valence-corrected chi connectivity index (χ1v) is 5.82. The first kappa shape index (κ1) is 12.6. The van der Waals surface area contributed by atoms with Crippen LogP contribution >= 0.6 is 0 Å². The molecule has 0 saturated heterocycles. The smallest absolute Gasteiger partial charge is 0.163 e. The van der Waals surface area contributed by atoms with E-state index < -0.39 is 11.6 Å². The normalized spacial score (nSPS) is 10.4. The second kappa shape index (κ2) is 5.17. The van der Waals surface area contributed by atoms with E-state index in [1.54, 1.807) is 6.07 Å². The minimum atomic E-state index is -0.810. The molecule has 0 heterocycles. The van der Waals surface area contributed by atoms with Gasteiger partial charge in [0.2, 0.25) is 0 Å². The van der Waals surface area contributed by atoms with Gasteiger partial charge < -0.3 is 5.32 Å². The molecule has 1 nitrogen and oxygen atoms in total. The summed E-state index contributed by atoms with van der Waals surface area (Å²) in [5.74, 6) is -1.59. The third-order valence-corrected chi connectivity index (χ3v) is 2.89. The minimum Gasteiger partial charge on any atom is -0.381 e. The lowest BCUT2D eigenvalue weighted by Crippen LogP contribution is -2.04. The Labute approximate surface area is 105 Å².